The highest BCUT2D eigenvalue weighted by Crippen LogP contribution is 2.05. The van der Waals surface area contributed by atoms with Gasteiger partial charge in [0.1, 0.15) is 0 Å². The Balaban J connectivity index is 2.61. The highest BCUT2D eigenvalue weighted by molar-refractivity contribution is 5.31. The summed E-state index contributed by atoms with van der Waals surface area (Å²) >= 11 is 0. The second-order valence-corrected chi connectivity index (χ2v) is 3.14. The summed E-state index contributed by atoms with van der Waals surface area (Å²) in [5.41, 5.74) is 1.78. The molecule has 0 aliphatic heterocycles. The van der Waals surface area contributed by atoms with Crippen LogP contribution < -0.4 is 0 Å². The Labute approximate surface area is 83.8 Å². The number of nitriles is 2. The Morgan fingerprint density at radius 3 is 2.36 bits per heavy atom. The number of hydrogen-bond donors (Lipinski definition) is 0. The predicted octanol–water partition coefficient (Wildman–Crippen LogP) is 1.51. The van der Waals surface area contributed by atoms with E-state index < -0.39 is 0 Å². The van der Waals surface area contributed by atoms with E-state index in [9.17, 15) is 0 Å². The Morgan fingerprint density at radius 2 is 1.86 bits per heavy atom. The molecule has 0 spiro atoms. The molecular weight excluding hydrogens is 174 g/mol. The van der Waals surface area contributed by atoms with Gasteiger partial charge in [-0.2, -0.15) is 10.5 Å². The van der Waals surface area contributed by atoms with Crippen molar-refractivity contribution in [2.45, 2.75) is 6.54 Å². The van der Waals surface area contributed by atoms with Crippen LogP contribution in [0.3, 0.4) is 0 Å². The van der Waals surface area contributed by atoms with E-state index >= 15 is 0 Å². The minimum atomic E-state index is 0.417. The molecule has 1 rings (SSSR count). The minimum Gasteiger partial charge on any atom is -0.289 e. The molecule has 1 aromatic rings. The molecule has 70 valence electrons. The van der Waals surface area contributed by atoms with Crippen LogP contribution >= 0.6 is 0 Å². The molecule has 14 heavy (non-hydrogen) atoms. The zero-order chi connectivity index (χ0) is 10.4. The Hall–Kier alpha value is -1.84. The van der Waals surface area contributed by atoms with Crippen molar-refractivity contribution in [1.29, 1.82) is 10.5 Å². The van der Waals surface area contributed by atoms with Crippen molar-refractivity contribution in [3.05, 3.63) is 35.4 Å². The fourth-order valence-corrected chi connectivity index (χ4v) is 1.17. The minimum absolute atomic E-state index is 0.417. The SMILES string of the molecule is CN(CC#N)Cc1ccc(C#N)cc1. The van der Waals surface area contributed by atoms with Crippen LogP contribution in [-0.4, -0.2) is 18.5 Å². The van der Waals surface area contributed by atoms with Gasteiger partial charge < -0.3 is 0 Å². The monoisotopic (exact) mass is 185 g/mol. The van der Waals surface area contributed by atoms with Crippen LogP contribution in [0.4, 0.5) is 0 Å². The molecule has 3 heteroatoms. The second-order valence-electron chi connectivity index (χ2n) is 3.14. The summed E-state index contributed by atoms with van der Waals surface area (Å²) in [5.74, 6) is 0. The number of nitrogens with zero attached hydrogens (tertiary/aromatic N) is 3. The summed E-state index contributed by atoms with van der Waals surface area (Å²) in [5, 5.41) is 17.1. The second kappa shape index (κ2) is 5.01. The van der Waals surface area contributed by atoms with Gasteiger partial charge in [-0.3, -0.25) is 4.90 Å². The van der Waals surface area contributed by atoms with Crippen LogP contribution in [0.5, 0.6) is 0 Å². The number of hydrogen-bond acceptors (Lipinski definition) is 3. The van der Waals surface area contributed by atoms with Gasteiger partial charge in [0.05, 0.1) is 24.2 Å². The maximum absolute atomic E-state index is 8.59. The van der Waals surface area contributed by atoms with E-state index in [1.165, 1.54) is 0 Å². The first-order valence-corrected chi connectivity index (χ1v) is 4.31. The van der Waals surface area contributed by atoms with Crippen molar-refractivity contribution in [2.75, 3.05) is 13.6 Å². The van der Waals surface area contributed by atoms with Crippen LogP contribution in [0.25, 0.3) is 0 Å². The van der Waals surface area contributed by atoms with Crippen molar-refractivity contribution >= 4 is 0 Å². The zero-order valence-corrected chi connectivity index (χ0v) is 8.07. The smallest absolute Gasteiger partial charge is 0.0991 e. The molecule has 0 N–H and O–H groups in total. The van der Waals surface area contributed by atoms with E-state index in [0.29, 0.717) is 12.1 Å². The normalized spacial score (nSPS) is 9.43. The fourth-order valence-electron chi connectivity index (χ4n) is 1.17. The molecule has 0 aliphatic carbocycles. The summed E-state index contributed by atoms with van der Waals surface area (Å²) in [6.45, 7) is 1.15. The van der Waals surface area contributed by atoms with Crippen LogP contribution in [-0.2, 0) is 6.54 Å². The van der Waals surface area contributed by atoms with Crippen LogP contribution in [0.1, 0.15) is 11.1 Å². The molecule has 3 nitrogen and oxygen atoms in total. The van der Waals surface area contributed by atoms with Gasteiger partial charge in [-0.25, -0.2) is 0 Å². The van der Waals surface area contributed by atoms with Crippen molar-refractivity contribution in [1.82, 2.24) is 4.90 Å². The van der Waals surface area contributed by atoms with Crippen LogP contribution in [0, 0.1) is 22.7 Å². The summed E-state index contributed by atoms with van der Waals surface area (Å²) in [4.78, 5) is 1.92. The summed E-state index contributed by atoms with van der Waals surface area (Å²) in [6, 6.07) is 11.5. The first kappa shape index (κ1) is 10.2. The average molecular weight is 185 g/mol. The maximum atomic E-state index is 8.59. The van der Waals surface area contributed by atoms with E-state index in [1.54, 1.807) is 12.1 Å². The predicted molar refractivity (Wildman–Crippen MR) is 53.1 cm³/mol. The van der Waals surface area contributed by atoms with Gasteiger partial charge in [-0.05, 0) is 24.7 Å². The molecule has 1 aromatic carbocycles. The third kappa shape index (κ3) is 2.90. The standard InChI is InChI=1S/C11H11N3/c1-14(7-6-12)9-11-4-2-10(8-13)3-5-11/h2-5H,7,9H2,1H3. The third-order valence-corrected chi connectivity index (χ3v) is 1.88. The highest BCUT2D eigenvalue weighted by atomic mass is 15.1. The molecule has 0 heterocycles. The lowest BCUT2D eigenvalue weighted by Gasteiger charge is -2.11. The lowest BCUT2D eigenvalue weighted by atomic mass is 10.1. The molecule has 0 unspecified atom stereocenters. The van der Waals surface area contributed by atoms with E-state index in [0.717, 1.165) is 12.1 Å². The molecule has 0 bridgehead atoms. The van der Waals surface area contributed by atoms with Crippen molar-refractivity contribution in [2.24, 2.45) is 0 Å². The van der Waals surface area contributed by atoms with Gasteiger partial charge in [0.15, 0.2) is 0 Å². The molecule has 0 saturated heterocycles. The van der Waals surface area contributed by atoms with Gasteiger partial charge in [0.2, 0.25) is 0 Å². The quantitative estimate of drug-likeness (QED) is 0.671. The number of benzene rings is 1. The van der Waals surface area contributed by atoms with Crippen LogP contribution in [0.2, 0.25) is 0 Å². The van der Waals surface area contributed by atoms with Crippen molar-refractivity contribution in [3.63, 3.8) is 0 Å². The van der Waals surface area contributed by atoms with Crippen molar-refractivity contribution in [3.8, 4) is 12.1 Å². The third-order valence-electron chi connectivity index (χ3n) is 1.88. The highest BCUT2D eigenvalue weighted by Gasteiger charge is 1.98. The Kier molecular flexibility index (Phi) is 3.67. The maximum Gasteiger partial charge on any atom is 0.0991 e. The molecule has 0 aromatic heterocycles. The van der Waals surface area contributed by atoms with E-state index in [4.69, 9.17) is 10.5 Å². The summed E-state index contributed by atoms with van der Waals surface area (Å²) in [6.07, 6.45) is 0. The first-order chi connectivity index (χ1) is 6.76. The summed E-state index contributed by atoms with van der Waals surface area (Å²) < 4.78 is 0. The zero-order valence-electron chi connectivity index (χ0n) is 8.07. The Bertz CT molecular complexity index is 367. The molecule has 0 fully saturated rings. The number of rotatable bonds is 3. The molecular formula is C11H11N3. The fraction of sp³-hybridized carbons (Fsp3) is 0.273. The van der Waals surface area contributed by atoms with Gasteiger partial charge in [-0.15, -0.1) is 0 Å². The van der Waals surface area contributed by atoms with E-state index in [1.807, 2.05) is 24.1 Å². The Morgan fingerprint density at radius 1 is 1.21 bits per heavy atom. The molecule has 0 aliphatic rings. The lowest BCUT2D eigenvalue weighted by Crippen LogP contribution is -2.17. The van der Waals surface area contributed by atoms with E-state index in [2.05, 4.69) is 12.1 Å². The van der Waals surface area contributed by atoms with Gasteiger partial charge in [0.25, 0.3) is 0 Å². The summed E-state index contributed by atoms with van der Waals surface area (Å²) in [7, 11) is 1.89. The van der Waals surface area contributed by atoms with Gasteiger partial charge in [0, 0.05) is 6.54 Å². The molecule has 0 amide bonds. The molecule has 0 saturated carbocycles. The van der Waals surface area contributed by atoms with Gasteiger partial charge in [-0.1, -0.05) is 12.1 Å². The average Bonchev–Trinajstić information content (AvgIpc) is 2.19. The lowest BCUT2D eigenvalue weighted by molar-refractivity contribution is 0.367. The molecule has 0 radical (unpaired) electrons. The van der Waals surface area contributed by atoms with Gasteiger partial charge >= 0.3 is 0 Å². The van der Waals surface area contributed by atoms with Crippen LogP contribution in [0.15, 0.2) is 24.3 Å². The first-order valence-electron chi connectivity index (χ1n) is 4.31. The van der Waals surface area contributed by atoms with E-state index in [-0.39, 0.29) is 0 Å². The molecule has 0 atom stereocenters. The van der Waals surface area contributed by atoms with Crippen molar-refractivity contribution < 1.29 is 0 Å². The largest absolute Gasteiger partial charge is 0.289 e. The topological polar surface area (TPSA) is 50.8 Å².